The van der Waals surface area contributed by atoms with Gasteiger partial charge in [0.15, 0.2) is 0 Å². The molecule has 1 aliphatic rings. The zero-order valence-electron chi connectivity index (χ0n) is 11.1. The summed E-state index contributed by atoms with van der Waals surface area (Å²) in [7, 11) is 0. The van der Waals surface area contributed by atoms with Crippen LogP contribution < -0.4 is 5.32 Å². The SMILES string of the molecule is CC1(C)CC(/C=C/c2ccccc2)=C(C#N)C(=O)N1. The molecular weight excluding hydrogens is 236 g/mol. The van der Waals surface area contributed by atoms with Crippen molar-refractivity contribution in [3.63, 3.8) is 0 Å². The van der Waals surface area contributed by atoms with Gasteiger partial charge in [-0.1, -0.05) is 42.5 Å². The summed E-state index contributed by atoms with van der Waals surface area (Å²) >= 11 is 0. The smallest absolute Gasteiger partial charge is 0.262 e. The first-order valence-electron chi connectivity index (χ1n) is 6.21. The van der Waals surface area contributed by atoms with Gasteiger partial charge in [-0.2, -0.15) is 5.26 Å². The van der Waals surface area contributed by atoms with Crippen LogP contribution in [-0.4, -0.2) is 11.4 Å². The largest absolute Gasteiger partial charge is 0.346 e. The van der Waals surface area contributed by atoms with Crippen LogP contribution in [-0.2, 0) is 4.79 Å². The van der Waals surface area contributed by atoms with Crippen LogP contribution in [0.5, 0.6) is 0 Å². The van der Waals surface area contributed by atoms with Crippen LogP contribution in [0.3, 0.4) is 0 Å². The predicted octanol–water partition coefficient (Wildman–Crippen LogP) is 2.82. The number of nitrogens with one attached hydrogen (secondary N) is 1. The highest BCUT2D eigenvalue weighted by Crippen LogP contribution is 2.26. The van der Waals surface area contributed by atoms with Gasteiger partial charge in [0.25, 0.3) is 5.91 Å². The van der Waals surface area contributed by atoms with Crippen LogP contribution in [0.2, 0.25) is 0 Å². The zero-order chi connectivity index (χ0) is 13.9. The lowest BCUT2D eigenvalue weighted by Gasteiger charge is -2.31. The second kappa shape index (κ2) is 5.11. The summed E-state index contributed by atoms with van der Waals surface area (Å²) in [6.45, 7) is 3.91. The third kappa shape index (κ3) is 3.11. The van der Waals surface area contributed by atoms with Crippen molar-refractivity contribution in [1.29, 1.82) is 5.26 Å². The van der Waals surface area contributed by atoms with E-state index in [9.17, 15) is 4.79 Å². The Morgan fingerprint density at radius 2 is 1.95 bits per heavy atom. The Morgan fingerprint density at radius 1 is 1.26 bits per heavy atom. The van der Waals surface area contributed by atoms with Gasteiger partial charge in [0.1, 0.15) is 11.6 Å². The van der Waals surface area contributed by atoms with Gasteiger partial charge in [0.05, 0.1) is 0 Å². The van der Waals surface area contributed by atoms with Crippen LogP contribution in [0, 0.1) is 11.3 Å². The molecule has 0 aromatic heterocycles. The summed E-state index contributed by atoms with van der Waals surface area (Å²) in [5.74, 6) is -0.286. The molecule has 96 valence electrons. The number of nitrogens with zero attached hydrogens (tertiary/aromatic N) is 1. The average molecular weight is 252 g/mol. The molecule has 19 heavy (non-hydrogen) atoms. The van der Waals surface area contributed by atoms with Gasteiger partial charge in [-0.25, -0.2) is 0 Å². The number of amides is 1. The van der Waals surface area contributed by atoms with E-state index in [1.54, 1.807) is 0 Å². The van der Waals surface area contributed by atoms with Crippen molar-refractivity contribution < 1.29 is 4.79 Å². The van der Waals surface area contributed by atoms with Gasteiger partial charge in [-0.05, 0) is 31.4 Å². The van der Waals surface area contributed by atoms with Crippen LogP contribution in [0.25, 0.3) is 6.08 Å². The molecule has 0 fully saturated rings. The Balaban J connectivity index is 2.33. The van der Waals surface area contributed by atoms with Crippen molar-refractivity contribution in [3.05, 3.63) is 53.1 Å². The second-order valence-corrected chi connectivity index (χ2v) is 5.27. The molecular formula is C16H16N2O. The Kier molecular flexibility index (Phi) is 3.52. The van der Waals surface area contributed by atoms with E-state index in [1.807, 2.05) is 62.4 Å². The Hall–Kier alpha value is -2.34. The first-order valence-corrected chi connectivity index (χ1v) is 6.21. The minimum Gasteiger partial charge on any atom is -0.346 e. The number of carbonyl (C=O) groups is 1. The van der Waals surface area contributed by atoms with Crippen LogP contribution >= 0.6 is 0 Å². The maximum Gasteiger partial charge on any atom is 0.262 e. The number of carbonyl (C=O) groups excluding carboxylic acids is 1. The fraction of sp³-hybridized carbons (Fsp3) is 0.250. The zero-order valence-corrected chi connectivity index (χ0v) is 11.1. The van der Waals surface area contributed by atoms with E-state index in [0.29, 0.717) is 6.42 Å². The molecule has 2 rings (SSSR count). The maximum absolute atomic E-state index is 11.8. The van der Waals surface area contributed by atoms with Gasteiger partial charge in [-0.3, -0.25) is 4.79 Å². The summed E-state index contributed by atoms with van der Waals surface area (Å²) in [5, 5.41) is 11.9. The van der Waals surface area contributed by atoms with Gasteiger partial charge in [-0.15, -0.1) is 0 Å². The molecule has 1 aliphatic heterocycles. The molecule has 3 nitrogen and oxygen atoms in total. The molecule has 0 bridgehead atoms. The lowest BCUT2D eigenvalue weighted by molar-refractivity contribution is -0.119. The van der Waals surface area contributed by atoms with Crippen molar-refractivity contribution in [2.75, 3.05) is 0 Å². The van der Waals surface area contributed by atoms with Crippen LogP contribution in [0.1, 0.15) is 25.8 Å². The molecule has 1 aromatic rings. The third-order valence-corrected chi connectivity index (χ3v) is 3.02. The molecule has 0 radical (unpaired) electrons. The van der Waals surface area contributed by atoms with Crippen molar-refractivity contribution in [2.24, 2.45) is 0 Å². The Labute approximate surface area is 113 Å². The summed E-state index contributed by atoms with van der Waals surface area (Å²) in [6, 6.07) is 11.8. The monoisotopic (exact) mass is 252 g/mol. The van der Waals surface area contributed by atoms with Crippen molar-refractivity contribution in [3.8, 4) is 6.07 Å². The molecule has 0 aliphatic carbocycles. The molecule has 1 aromatic carbocycles. The van der Waals surface area contributed by atoms with Gasteiger partial charge >= 0.3 is 0 Å². The Morgan fingerprint density at radius 3 is 2.58 bits per heavy atom. The van der Waals surface area contributed by atoms with Crippen molar-refractivity contribution >= 4 is 12.0 Å². The lowest BCUT2D eigenvalue weighted by atomic mass is 9.87. The number of nitriles is 1. The Bertz CT molecular complexity index is 589. The van der Waals surface area contributed by atoms with Crippen LogP contribution in [0.15, 0.2) is 47.6 Å². The van der Waals surface area contributed by atoms with Gasteiger partial charge in [0.2, 0.25) is 0 Å². The number of allylic oxidation sites excluding steroid dienone is 1. The first-order chi connectivity index (χ1) is 9.02. The molecule has 3 heteroatoms. The highest BCUT2D eigenvalue weighted by atomic mass is 16.1. The molecule has 0 spiro atoms. The molecule has 0 unspecified atom stereocenters. The summed E-state index contributed by atoms with van der Waals surface area (Å²) in [6.07, 6.45) is 4.46. The minimum absolute atomic E-state index is 0.214. The van der Waals surface area contributed by atoms with Gasteiger partial charge in [0, 0.05) is 5.54 Å². The molecule has 0 saturated heterocycles. The molecule has 1 N–H and O–H groups in total. The fourth-order valence-electron chi connectivity index (χ4n) is 2.15. The number of rotatable bonds is 2. The predicted molar refractivity (Wildman–Crippen MR) is 75.0 cm³/mol. The van der Waals surface area contributed by atoms with Gasteiger partial charge < -0.3 is 5.32 Å². The second-order valence-electron chi connectivity index (χ2n) is 5.27. The third-order valence-electron chi connectivity index (χ3n) is 3.02. The standard InChI is InChI=1S/C16H16N2O/c1-16(2)10-13(14(11-17)15(19)18-16)9-8-12-6-4-3-5-7-12/h3-9H,10H2,1-2H3,(H,18,19)/b9-8+. The topological polar surface area (TPSA) is 52.9 Å². The maximum atomic E-state index is 11.8. The highest BCUT2D eigenvalue weighted by Gasteiger charge is 2.30. The molecule has 1 amide bonds. The van der Waals surface area contributed by atoms with Crippen LogP contribution in [0.4, 0.5) is 0 Å². The van der Waals surface area contributed by atoms with E-state index >= 15 is 0 Å². The molecule has 0 atom stereocenters. The first kappa shape index (κ1) is 13.1. The van der Waals surface area contributed by atoms with Crippen molar-refractivity contribution in [2.45, 2.75) is 25.8 Å². The average Bonchev–Trinajstić information content (AvgIpc) is 2.36. The molecule has 1 heterocycles. The summed E-state index contributed by atoms with van der Waals surface area (Å²) in [5.41, 5.74) is 1.75. The fourth-order valence-corrected chi connectivity index (χ4v) is 2.15. The quantitative estimate of drug-likeness (QED) is 0.880. The van der Waals surface area contributed by atoms with E-state index in [0.717, 1.165) is 11.1 Å². The van der Waals surface area contributed by atoms with E-state index < -0.39 is 0 Å². The number of hydrogen-bond acceptors (Lipinski definition) is 2. The number of hydrogen-bond donors (Lipinski definition) is 1. The molecule has 0 saturated carbocycles. The summed E-state index contributed by atoms with van der Waals surface area (Å²) < 4.78 is 0. The summed E-state index contributed by atoms with van der Waals surface area (Å²) in [4.78, 5) is 11.8. The van der Waals surface area contributed by atoms with E-state index in [2.05, 4.69) is 5.32 Å². The van der Waals surface area contributed by atoms with E-state index in [-0.39, 0.29) is 17.0 Å². The van der Waals surface area contributed by atoms with E-state index in [1.165, 1.54) is 0 Å². The van der Waals surface area contributed by atoms with Crippen molar-refractivity contribution in [1.82, 2.24) is 5.32 Å². The minimum atomic E-state index is -0.312. The van der Waals surface area contributed by atoms with E-state index in [4.69, 9.17) is 5.26 Å². The lowest BCUT2D eigenvalue weighted by Crippen LogP contribution is -2.47. The number of benzene rings is 1. The highest BCUT2D eigenvalue weighted by molar-refractivity contribution is 6.00. The normalized spacial score (nSPS) is 18.3.